The highest BCUT2D eigenvalue weighted by atomic mass is 32.2. The molecule has 1 amide bonds. The lowest BCUT2D eigenvalue weighted by Crippen LogP contribution is -2.47. The van der Waals surface area contributed by atoms with Gasteiger partial charge in [-0.05, 0) is 49.3 Å². The quantitative estimate of drug-likeness (QED) is 0.720. The number of nitrogens with zero attached hydrogens (tertiary/aromatic N) is 1. The van der Waals surface area contributed by atoms with Crippen LogP contribution in [0.4, 0.5) is 13.2 Å². The molecular weight excluding hydrogens is 407 g/mol. The highest BCUT2D eigenvalue weighted by molar-refractivity contribution is 7.89. The molecule has 2 aliphatic rings. The molecule has 0 bridgehead atoms. The predicted octanol–water partition coefficient (Wildman–Crippen LogP) is 2.35. The van der Waals surface area contributed by atoms with Crippen LogP contribution in [-0.4, -0.2) is 43.8 Å². The summed E-state index contributed by atoms with van der Waals surface area (Å²) in [6.45, 7) is 2.36. The molecule has 162 valence electrons. The number of nitrogens with two attached hydrogens (primary N) is 1. The van der Waals surface area contributed by atoms with Gasteiger partial charge in [0.1, 0.15) is 0 Å². The van der Waals surface area contributed by atoms with Crippen molar-refractivity contribution in [2.24, 2.45) is 17.6 Å². The zero-order valence-corrected chi connectivity index (χ0v) is 17.0. The van der Waals surface area contributed by atoms with Gasteiger partial charge in [-0.15, -0.1) is 0 Å². The lowest BCUT2D eigenvalue weighted by atomic mass is 9.97. The van der Waals surface area contributed by atoms with Crippen molar-refractivity contribution in [2.75, 3.05) is 13.1 Å². The zero-order chi connectivity index (χ0) is 21.4. The second-order valence-electron chi connectivity index (χ2n) is 7.86. The summed E-state index contributed by atoms with van der Waals surface area (Å²) in [5.74, 6) is -0.228. The van der Waals surface area contributed by atoms with Gasteiger partial charge in [-0.1, -0.05) is 19.4 Å². The van der Waals surface area contributed by atoms with E-state index in [1.54, 1.807) is 0 Å². The van der Waals surface area contributed by atoms with Crippen LogP contribution >= 0.6 is 0 Å². The number of nitrogens with one attached hydrogen (secondary N) is 1. The van der Waals surface area contributed by atoms with E-state index in [1.807, 2.05) is 6.92 Å². The lowest BCUT2D eigenvalue weighted by molar-refractivity contribution is -0.137. The van der Waals surface area contributed by atoms with Crippen molar-refractivity contribution >= 4 is 15.9 Å². The molecule has 1 heterocycles. The van der Waals surface area contributed by atoms with E-state index in [9.17, 15) is 26.4 Å². The van der Waals surface area contributed by atoms with Crippen LogP contribution in [0.1, 0.15) is 38.2 Å². The number of benzene rings is 1. The van der Waals surface area contributed by atoms with Crippen molar-refractivity contribution in [1.82, 2.24) is 9.62 Å². The number of amides is 1. The number of alkyl halides is 3. The molecule has 29 heavy (non-hydrogen) atoms. The van der Waals surface area contributed by atoms with Crippen LogP contribution < -0.4 is 11.1 Å². The molecule has 0 aromatic heterocycles. The van der Waals surface area contributed by atoms with E-state index in [1.165, 1.54) is 10.4 Å². The highest BCUT2D eigenvalue weighted by Gasteiger charge is 2.47. The van der Waals surface area contributed by atoms with E-state index in [2.05, 4.69) is 5.32 Å². The fourth-order valence-corrected chi connectivity index (χ4v) is 5.89. The Kier molecular flexibility index (Phi) is 6.26. The number of rotatable bonds is 6. The maximum atomic E-state index is 13.0. The molecule has 2 fully saturated rings. The molecule has 1 saturated carbocycles. The van der Waals surface area contributed by atoms with E-state index < -0.39 is 27.8 Å². The van der Waals surface area contributed by atoms with Gasteiger partial charge < -0.3 is 11.1 Å². The first-order valence-corrected chi connectivity index (χ1v) is 11.2. The van der Waals surface area contributed by atoms with Crippen LogP contribution in [0.15, 0.2) is 29.2 Å². The first-order chi connectivity index (χ1) is 13.5. The van der Waals surface area contributed by atoms with Crippen molar-refractivity contribution in [1.29, 1.82) is 0 Å². The number of sulfonamides is 1. The van der Waals surface area contributed by atoms with Crippen molar-refractivity contribution in [2.45, 2.75) is 55.8 Å². The molecule has 0 radical (unpaired) electrons. The van der Waals surface area contributed by atoms with Gasteiger partial charge in [-0.3, -0.25) is 4.79 Å². The minimum absolute atomic E-state index is 0.0617. The average Bonchev–Trinajstić information content (AvgIpc) is 3.24. The molecule has 1 aliphatic carbocycles. The Hall–Kier alpha value is -1.65. The van der Waals surface area contributed by atoms with Gasteiger partial charge in [-0.25, -0.2) is 8.42 Å². The monoisotopic (exact) mass is 433 g/mol. The van der Waals surface area contributed by atoms with Crippen LogP contribution in [0.5, 0.6) is 0 Å². The molecule has 1 aromatic rings. The van der Waals surface area contributed by atoms with Gasteiger partial charge in [-0.2, -0.15) is 17.5 Å². The summed E-state index contributed by atoms with van der Waals surface area (Å²) in [6, 6.07) is 3.05. The summed E-state index contributed by atoms with van der Waals surface area (Å²) in [4.78, 5) is 11.9. The largest absolute Gasteiger partial charge is 0.416 e. The Labute approximate surface area is 168 Å². The molecule has 1 aliphatic heterocycles. The smallest absolute Gasteiger partial charge is 0.352 e. The molecule has 0 spiro atoms. The molecule has 6 nitrogen and oxygen atoms in total. The van der Waals surface area contributed by atoms with Gasteiger partial charge >= 0.3 is 6.18 Å². The van der Waals surface area contributed by atoms with Crippen LogP contribution in [0.25, 0.3) is 0 Å². The van der Waals surface area contributed by atoms with Crippen molar-refractivity contribution in [3.05, 3.63) is 29.8 Å². The number of fused-ring (bicyclic) bond motifs is 1. The van der Waals surface area contributed by atoms with E-state index in [4.69, 9.17) is 5.73 Å². The fourth-order valence-electron chi connectivity index (χ4n) is 4.31. The van der Waals surface area contributed by atoms with Gasteiger partial charge in [0, 0.05) is 19.1 Å². The van der Waals surface area contributed by atoms with Gasteiger partial charge in [0.05, 0.1) is 16.5 Å². The molecule has 1 saturated heterocycles. The van der Waals surface area contributed by atoms with E-state index in [-0.39, 0.29) is 41.8 Å². The molecule has 10 heteroatoms. The average molecular weight is 433 g/mol. The summed E-state index contributed by atoms with van der Waals surface area (Å²) >= 11 is 0. The third-order valence-corrected chi connectivity index (χ3v) is 7.71. The third-order valence-electron chi connectivity index (χ3n) is 5.89. The van der Waals surface area contributed by atoms with Crippen LogP contribution in [0.2, 0.25) is 0 Å². The van der Waals surface area contributed by atoms with Crippen LogP contribution in [0, 0.1) is 11.8 Å². The molecular formula is C19H26F3N3O3S. The first-order valence-electron chi connectivity index (χ1n) is 9.77. The van der Waals surface area contributed by atoms with Crippen molar-refractivity contribution < 1.29 is 26.4 Å². The Morgan fingerprint density at radius 2 is 2.03 bits per heavy atom. The van der Waals surface area contributed by atoms with Crippen LogP contribution in [-0.2, 0) is 21.0 Å². The maximum Gasteiger partial charge on any atom is 0.416 e. The summed E-state index contributed by atoms with van der Waals surface area (Å²) in [7, 11) is -4.04. The Balaban J connectivity index is 1.72. The number of halogens is 3. The van der Waals surface area contributed by atoms with Gasteiger partial charge in [0.2, 0.25) is 15.9 Å². The van der Waals surface area contributed by atoms with Gasteiger partial charge in [0.15, 0.2) is 0 Å². The molecule has 1 aromatic carbocycles. The Morgan fingerprint density at radius 3 is 2.69 bits per heavy atom. The van der Waals surface area contributed by atoms with Gasteiger partial charge in [0.25, 0.3) is 0 Å². The number of hydrogen-bond acceptors (Lipinski definition) is 4. The minimum Gasteiger partial charge on any atom is -0.352 e. The fraction of sp³-hybridized carbons (Fsp3) is 0.632. The highest BCUT2D eigenvalue weighted by Crippen LogP contribution is 2.40. The summed E-state index contributed by atoms with van der Waals surface area (Å²) in [5, 5.41) is 2.94. The van der Waals surface area contributed by atoms with E-state index >= 15 is 0 Å². The summed E-state index contributed by atoms with van der Waals surface area (Å²) in [5.41, 5.74) is 4.86. The lowest BCUT2D eigenvalue weighted by Gasteiger charge is -2.23. The minimum atomic E-state index is -4.61. The Bertz CT molecular complexity index is 860. The predicted molar refractivity (Wildman–Crippen MR) is 101 cm³/mol. The topological polar surface area (TPSA) is 92.5 Å². The normalized spacial score (nSPS) is 26.3. The molecule has 3 rings (SSSR count). The maximum absolute atomic E-state index is 13.0. The third kappa shape index (κ3) is 4.59. The van der Waals surface area contributed by atoms with Crippen molar-refractivity contribution in [3.63, 3.8) is 0 Å². The van der Waals surface area contributed by atoms with E-state index in [0.717, 1.165) is 31.4 Å². The second kappa shape index (κ2) is 8.23. The van der Waals surface area contributed by atoms with Crippen LogP contribution in [0.3, 0.4) is 0 Å². The van der Waals surface area contributed by atoms with E-state index in [0.29, 0.717) is 12.5 Å². The number of carbonyl (C=O) groups is 1. The SMILES string of the molecule is CCC[C@H](N)C(=O)N[C@H]1CC[C@@H]2CN(S(=O)(=O)c3cccc(C(F)(F)F)c3)C[C@@H]21. The van der Waals surface area contributed by atoms with Crippen molar-refractivity contribution in [3.8, 4) is 0 Å². The number of hydrogen-bond donors (Lipinski definition) is 2. The zero-order valence-electron chi connectivity index (χ0n) is 16.2. The number of carbonyl (C=O) groups excluding carboxylic acids is 1. The molecule has 4 atom stereocenters. The second-order valence-corrected chi connectivity index (χ2v) is 9.80. The standard InChI is InChI=1S/C19H26F3N3O3S/c1-2-4-16(23)18(26)24-17-8-7-12-10-25(11-15(12)17)29(27,28)14-6-3-5-13(9-14)19(20,21)22/h3,5-6,9,12,15-17H,2,4,7-8,10-11,23H2,1H3,(H,24,26)/t12-,15+,16+,17+/m1/s1. The Morgan fingerprint density at radius 1 is 1.31 bits per heavy atom. The summed E-state index contributed by atoms with van der Waals surface area (Å²) < 4.78 is 65.9. The summed E-state index contributed by atoms with van der Waals surface area (Å²) in [6.07, 6.45) is -1.75. The first kappa shape index (κ1) is 22.0. The molecule has 3 N–H and O–H groups in total. The molecule has 0 unspecified atom stereocenters.